The summed E-state index contributed by atoms with van der Waals surface area (Å²) in [7, 11) is 1.26. The Morgan fingerprint density at radius 1 is 1.64 bits per heavy atom. The summed E-state index contributed by atoms with van der Waals surface area (Å²) >= 11 is 0. The van der Waals surface area contributed by atoms with E-state index in [-0.39, 0.29) is 6.61 Å². The number of ether oxygens (including phenoxy) is 1. The van der Waals surface area contributed by atoms with Crippen LogP contribution in [0.25, 0.3) is 0 Å². The van der Waals surface area contributed by atoms with Gasteiger partial charge >= 0.3 is 5.97 Å². The molecule has 0 aromatic carbocycles. The smallest absolute Gasteiger partial charge is 0.384 e. The summed E-state index contributed by atoms with van der Waals surface area (Å²) < 4.78 is 4.34. The van der Waals surface area contributed by atoms with E-state index in [4.69, 9.17) is 5.11 Å². The van der Waals surface area contributed by atoms with E-state index in [1.807, 2.05) is 0 Å². The van der Waals surface area contributed by atoms with Crippen LogP contribution in [0.2, 0.25) is 0 Å². The van der Waals surface area contributed by atoms with Crippen LogP contribution in [0.15, 0.2) is 18.3 Å². The fourth-order valence-corrected chi connectivity index (χ4v) is 0.758. The number of rotatable bonds is 1. The molecule has 1 N–H and O–H groups in total. The van der Waals surface area contributed by atoms with Gasteiger partial charge in [0.2, 0.25) is 0 Å². The second-order valence-corrected chi connectivity index (χ2v) is 2.45. The van der Waals surface area contributed by atoms with E-state index in [9.17, 15) is 4.79 Å². The molecule has 0 fully saturated rings. The summed E-state index contributed by atoms with van der Waals surface area (Å²) in [5.41, 5.74) is 1.17. The van der Waals surface area contributed by atoms with Crippen LogP contribution in [0.3, 0.4) is 0 Å². The van der Waals surface area contributed by atoms with Crippen molar-refractivity contribution in [3.8, 4) is 11.8 Å². The molecule has 4 nitrogen and oxygen atoms in total. The number of pyridine rings is 1. The lowest BCUT2D eigenvalue weighted by Crippen LogP contribution is -1.95. The van der Waals surface area contributed by atoms with Gasteiger partial charge in [-0.15, -0.1) is 0 Å². The first-order chi connectivity index (χ1) is 6.76. The maximum Gasteiger partial charge on any atom is 0.384 e. The minimum absolute atomic E-state index is 0.0578. The van der Waals surface area contributed by atoms with Crippen molar-refractivity contribution in [3.05, 3.63) is 29.6 Å². The highest BCUT2D eigenvalue weighted by molar-refractivity contribution is 5.88. The molecule has 0 unspecified atom stereocenters. The Balaban J connectivity index is 2.76. The van der Waals surface area contributed by atoms with E-state index < -0.39 is 5.97 Å². The van der Waals surface area contributed by atoms with Crippen molar-refractivity contribution in [1.82, 2.24) is 4.98 Å². The van der Waals surface area contributed by atoms with Gasteiger partial charge in [0.05, 0.1) is 13.7 Å². The van der Waals surface area contributed by atoms with Gasteiger partial charge in [0.1, 0.15) is 5.69 Å². The van der Waals surface area contributed by atoms with Crippen molar-refractivity contribution >= 4 is 5.97 Å². The van der Waals surface area contributed by atoms with Gasteiger partial charge in [-0.2, -0.15) is 0 Å². The highest BCUT2D eigenvalue weighted by Crippen LogP contribution is 1.98. The first kappa shape index (κ1) is 10.2. The second-order valence-electron chi connectivity index (χ2n) is 2.45. The Morgan fingerprint density at radius 2 is 2.43 bits per heavy atom. The summed E-state index contributed by atoms with van der Waals surface area (Å²) in [5.74, 6) is 4.18. The number of hydrogen-bond donors (Lipinski definition) is 1. The number of esters is 1. The van der Waals surface area contributed by atoms with Crippen molar-refractivity contribution in [1.29, 1.82) is 0 Å². The maximum absolute atomic E-state index is 10.6. The SMILES string of the molecule is COC(=O)C#Cc1ccc(CO)cn1. The van der Waals surface area contributed by atoms with Crippen LogP contribution in [0.5, 0.6) is 0 Å². The molecule has 72 valence electrons. The molecular weight excluding hydrogens is 182 g/mol. The molecule has 1 heterocycles. The Morgan fingerprint density at radius 3 is 2.93 bits per heavy atom. The zero-order valence-electron chi connectivity index (χ0n) is 7.65. The van der Waals surface area contributed by atoms with Crippen LogP contribution in [-0.2, 0) is 16.1 Å². The molecular formula is C10H9NO3. The predicted molar refractivity (Wildman–Crippen MR) is 49.1 cm³/mol. The number of carbonyl (C=O) groups excluding carboxylic acids is 1. The highest BCUT2D eigenvalue weighted by atomic mass is 16.5. The van der Waals surface area contributed by atoms with Gasteiger partial charge in [0, 0.05) is 12.1 Å². The average molecular weight is 191 g/mol. The zero-order chi connectivity index (χ0) is 10.4. The normalized spacial score (nSPS) is 8.71. The third kappa shape index (κ3) is 2.88. The fourth-order valence-electron chi connectivity index (χ4n) is 0.758. The van der Waals surface area contributed by atoms with Gasteiger partial charge in [-0.05, 0) is 17.6 Å². The van der Waals surface area contributed by atoms with Crippen LogP contribution in [0.4, 0.5) is 0 Å². The minimum Gasteiger partial charge on any atom is -0.459 e. The van der Waals surface area contributed by atoms with Crippen molar-refractivity contribution in [3.63, 3.8) is 0 Å². The van der Waals surface area contributed by atoms with Gasteiger partial charge in [-0.1, -0.05) is 6.07 Å². The van der Waals surface area contributed by atoms with E-state index in [1.165, 1.54) is 13.3 Å². The van der Waals surface area contributed by atoms with E-state index in [0.29, 0.717) is 11.3 Å². The molecule has 0 spiro atoms. The van der Waals surface area contributed by atoms with Crippen molar-refractivity contribution in [2.24, 2.45) is 0 Å². The molecule has 1 aromatic heterocycles. The summed E-state index contributed by atoms with van der Waals surface area (Å²) in [6, 6.07) is 3.32. The number of aliphatic hydroxyl groups is 1. The Labute approximate surface area is 81.5 Å². The molecule has 0 saturated carbocycles. The average Bonchev–Trinajstić information content (AvgIpc) is 2.26. The van der Waals surface area contributed by atoms with Gasteiger partial charge < -0.3 is 9.84 Å². The zero-order valence-corrected chi connectivity index (χ0v) is 7.65. The van der Waals surface area contributed by atoms with E-state index in [1.54, 1.807) is 12.1 Å². The van der Waals surface area contributed by atoms with Gasteiger partial charge in [-0.3, -0.25) is 0 Å². The summed E-state index contributed by atoms with van der Waals surface area (Å²) in [6.07, 6.45) is 1.50. The summed E-state index contributed by atoms with van der Waals surface area (Å²) in [5, 5.41) is 8.73. The predicted octanol–water partition coefficient (Wildman–Crippen LogP) is 0.0984. The molecule has 0 aliphatic carbocycles. The number of aliphatic hydroxyl groups excluding tert-OH is 1. The van der Waals surface area contributed by atoms with Crippen LogP contribution in [0.1, 0.15) is 11.3 Å². The molecule has 0 bridgehead atoms. The lowest BCUT2D eigenvalue weighted by molar-refractivity contribution is -0.133. The number of carbonyl (C=O) groups is 1. The first-order valence-corrected chi connectivity index (χ1v) is 3.92. The molecule has 0 aliphatic rings. The Bertz CT molecular complexity index is 373. The van der Waals surface area contributed by atoms with Crippen LogP contribution >= 0.6 is 0 Å². The third-order valence-electron chi connectivity index (χ3n) is 1.49. The Hall–Kier alpha value is -1.86. The quantitative estimate of drug-likeness (QED) is 0.505. The van der Waals surface area contributed by atoms with Crippen LogP contribution < -0.4 is 0 Å². The molecule has 1 aromatic rings. The standard InChI is InChI=1S/C10H9NO3/c1-14-10(13)5-4-9-3-2-8(7-12)6-11-9/h2-3,6,12H,7H2,1H3. The van der Waals surface area contributed by atoms with Gasteiger partial charge in [0.25, 0.3) is 0 Å². The molecule has 0 amide bonds. The van der Waals surface area contributed by atoms with Gasteiger partial charge in [-0.25, -0.2) is 9.78 Å². The second kappa shape index (κ2) is 5.00. The Kier molecular flexibility index (Phi) is 3.65. The first-order valence-electron chi connectivity index (χ1n) is 3.92. The molecule has 0 saturated heterocycles. The van der Waals surface area contributed by atoms with E-state index in [2.05, 4.69) is 21.6 Å². The number of aromatic nitrogens is 1. The largest absolute Gasteiger partial charge is 0.459 e. The summed E-state index contributed by atoms with van der Waals surface area (Å²) in [4.78, 5) is 14.6. The number of hydrogen-bond acceptors (Lipinski definition) is 4. The molecule has 0 aliphatic heterocycles. The minimum atomic E-state index is -0.599. The maximum atomic E-state index is 10.6. The van der Waals surface area contributed by atoms with Crippen LogP contribution in [-0.4, -0.2) is 23.2 Å². The highest BCUT2D eigenvalue weighted by Gasteiger charge is 1.93. The molecule has 14 heavy (non-hydrogen) atoms. The van der Waals surface area contributed by atoms with Crippen molar-refractivity contribution in [2.45, 2.75) is 6.61 Å². The molecule has 0 atom stereocenters. The van der Waals surface area contributed by atoms with Crippen LogP contribution in [0, 0.1) is 11.8 Å². The molecule has 0 radical (unpaired) electrons. The lowest BCUT2D eigenvalue weighted by atomic mass is 10.2. The molecule has 1 rings (SSSR count). The third-order valence-corrected chi connectivity index (χ3v) is 1.49. The fraction of sp³-hybridized carbons (Fsp3) is 0.200. The lowest BCUT2D eigenvalue weighted by Gasteiger charge is -1.93. The van der Waals surface area contributed by atoms with Crippen molar-refractivity contribution in [2.75, 3.05) is 7.11 Å². The van der Waals surface area contributed by atoms with E-state index >= 15 is 0 Å². The number of nitrogens with zero attached hydrogens (tertiary/aromatic N) is 1. The topological polar surface area (TPSA) is 59.4 Å². The van der Waals surface area contributed by atoms with E-state index in [0.717, 1.165) is 0 Å². The summed E-state index contributed by atoms with van der Waals surface area (Å²) in [6.45, 7) is -0.0578. The van der Waals surface area contributed by atoms with Gasteiger partial charge in [0.15, 0.2) is 0 Å². The monoisotopic (exact) mass is 191 g/mol. The van der Waals surface area contributed by atoms with Crippen molar-refractivity contribution < 1.29 is 14.6 Å². The number of methoxy groups -OCH3 is 1. The molecule has 4 heteroatoms.